The Morgan fingerprint density at radius 1 is 1.38 bits per heavy atom. The Labute approximate surface area is 50.3 Å². The predicted octanol–water partition coefficient (Wildman–Crippen LogP) is 1.50. The third kappa shape index (κ3) is 5.44. The first-order valence-electron chi connectivity index (χ1n) is 2.75. The lowest BCUT2D eigenvalue weighted by atomic mass is 10.3. The van der Waals surface area contributed by atoms with Gasteiger partial charge in [0.1, 0.15) is 0 Å². The molecule has 0 saturated heterocycles. The van der Waals surface area contributed by atoms with E-state index in [1.54, 1.807) is 13.0 Å². The van der Waals surface area contributed by atoms with Crippen molar-refractivity contribution in [3.8, 4) is 0 Å². The Morgan fingerprint density at radius 3 is 2.38 bits per heavy atom. The summed E-state index contributed by atoms with van der Waals surface area (Å²) in [5.41, 5.74) is 0. The van der Waals surface area contributed by atoms with Crippen LogP contribution in [0.4, 0.5) is 0 Å². The summed E-state index contributed by atoms with van der Waals surface area (Å²) in [5, 5.41) is 8.66. The van der Waals surface area contributed by atoms with Gasteiger partial charge in [0, 0.05) is 0 Å². The van der Waals surface area contributed by atoms with Crippen molar-refractivity contribution >= 4 is 0 Å². The average Bonchev–Trinajstić information content (AvgIpc) is 1.66. The topological polar surface area (TPSA) is 20.2 Å². The third-order valence-electron chi connectivity index (χ3n) is 0.693. The Bertz CT molecular complexity index is 90.6. The van der Waals surface area contributed by atoms with Crippen LogP contribution >= 0.6 is 0 Å². The fourth-order valence-electron chi connectivity index (χ4n) is 0.336. The molecule has 0 radical (unpaired) electrons. The third-order valence-corrected chi connectivity index (χ3v) is 0.693. The van der Waals surface area contributed by atoms with Gasteiger partial charge in [-0.2, -0.15) is 0 Å². The standard InChI is InChI=1S/C7H12O/c1-3-4-5-6-7(2)8/h3-8H,1-2H3/b4-3-,6-5-. The lowest BCUT2D eigenvalue weighted by Crippen LogP contribution is -1.90. The molecule has 0 aromatic rings. The first kappa shape index (κ1) is 7.44. The second kappa shape index (κ2) is 4.60. The molecule has 0 spiro atoms. The Balaban J connectivity index is 3.34. The number of rotatable bonds is 2. The molecule has 0 rings (SSSR count). The molecule has 8 heavy (non-hydrogen) atoms. The van der Waals surface area contributed by atoms with Crippen molar-refractivity contribution in [2.24, 2.45) is 0 Å². The smallest absolute Gasteiger partial charge is 0.0695 e. The minimum atomic E-state index is -0.328. The molecule has 0 aliphatic carbocycles. The van der Waals surface area contributed by atoms with Gasteiger partial charge in [-0.1, -0.05) is 24.3 Å². The quantitative estimate of drug-likeness (QED) is 0.537. The van der Waals surface area contributed by atoms with E-state index >= 15 is 0 Å². The predicted molar refractivity (Wildman–Crippen MR) is 35.6 cm³/mol. The molecule has 0 aliphatic heterocycles. The molecule has 0 aromatic heterocycles. The van der Waals surface area contributed by atoms with E-state index in [0.29, 0.717) is 0 Å². The van der Waals surface area contributed by atoms with Crippen LogP contribution in [-0.4, -0.2) is 11.2 Å². The molecule has 0 aliphatic rings. The van der Waals surface area contributed by atoms with E-state index in [0.717, 1.165) is 0 Å². The number of aliphatic hydroxyl groups is 1. The van der Waals surface area contributed by atoms with Crippen LogP contribution in [0, 0.1) is 0 Å². The normalized spacial score (nSPS) is 15.9. The fourth-order valence-corrected chi connectivity index (χ4v) is 0.336. The van der Waals surface area contributed by atoms with Gasteiger partial charge in [-0.15, -0.1) is 0 Å². The summed E-state index contributed by atoms with van der Waals surface area (Å²) < 4.78 is 0. The molecule has 0 aromatic carbocycles. The van der Waals surface area contributed by atoms with Gasteiger partial charge < -0.3 is 5.11 Å². The maximum Gasteiger partial charge on any atom is 0.0695 e. The second-order valence-electron chi connectivity index (χ2n) is 1.65. The van der Waals surface area contributed by atoms with Crippen LogP contribution in [-0.2, 0) is 0 Å². The molecule has 1 heteroatoms. The van der Waals surface area contributed by atoms with Gasteiger partial charge in [-0.25, -0.2) is 0 Å². The highest BCUT2D eigenvalue weighted by molar-refractivity contribution is 5.02. The van der Waals surface area contributed by atoms with Crippen LogP contribution in [0.2, 0.25) is 0 Å². The van der Waals surface area contributed by atoms with E-state index in [9.17, 15) is 0 Å². The number of hydrogen-bond donors (Lipinski definition) is 1. The van der Waals surface area contributed by atoms with E-state index in [1.165, 1.54) is 0 Å². The summed E-state index contributed by atoms with van der Waals surface area (Å²) in [4.78, 5) is 0. The second-order valence-corrected chi connectivity index (χ2v) is 1.65. The molecule has 1 unspecified atom stereocenters. The fraction of sp³-hybridized carbons (Fsp3) is 0.429. The highest BCUT2D eigenvalue weighted by Crippen LogP contribution is 1.82. The van der Waals surface area contributed by atoms with E-state index in [-0.39, 0.29) is 6.10 Å². The number of hydrogen-bond acceptors (Lipinski definition) is 1. The Hall–Kier alpha value is -0.560. The van der Waals surface area contributed by atoms with Crippen molar-refractivity contribution in [3.63, 3.8) is 0 Å². The van der Waals surface area contributed by atoms with Crippen molar-refractivity contribution in [1.29, 1.82) is 0 Å². The van der Waals surface area contributed by atoms with Gasteiger partial charge in [0.05, 0.1) is 6.10 Å². The van der Waals surface area contributed by atoms with Crippen LogP contribution in [0.25, 0.3) is 0 Å². The Morgan fingerprint density at radius 2 is 2.00 bits per heavy atom. The van der Waals surface area contributed by atoms with E-state index in [1.807, 2.05) is 25.2 Å². The monoisotopic (exact) mass is 112 g/mol. The van der Waals surface area contributed by atoms with Gasteiger partial charge in [-0.3, -0.25) is 0 Å². The molecule has 1 atom stereocenters. The largest absolute Gasteiger partial charge is 0.389 e. The van der Waals surface area contributed by atoms with Crippen molar-refractivity contribution in [2.75, 3.05) is 0 Å². The molecule has 0 amide bonds. The van der Waals surface area contributed by atoms with Gasteiger partial charge in [0.25, 0.3) is 0 Å². The zero-order valence-corrected chi connectivity index (χ0v) is 5.33. The average molecular weight is 112 g/mol. The highest BCUT2D eigenvalue weighted by Gasteiger charge is 1.79. The van der Waals surface area contributed by atoms with Crippen molar-refractivity contribution < 1.29 is 5.11 Å². The SMILES string of the molecule is C/C=C\C=C/C(C)O. The summed E-state index contributed by atoms with van der Waals surface area (Å²) >= 11 is 0. The first-order valence-corrected chi connectivity index (χ1v) is 2.75. The van der Waals surface area contributed by atoms with Crippen LogP contribution in [0.3, 0.4) is 0 Å². The summed E-state index contributed by atoms with van der Waals surface area (Å²) in [5.74, 6) is 0. The summed E-state index contributed by atoms with van der Waals surface area (Å²) in [7, 11) is 0. The van der Waals surface area contributed by atoms with Gasteiger partial charge in [0.15, 0.2) is 0 Å². The number of aliphatic hydroxyl groups excluding tert-OH is 1. The molecule has 0 bridgehead atoms. The molecule has 1 N–H and O–H groups in total. The van der Waals surface area contributed by atoms with Gasteiger partial charge in [-0.05, 0) is 13.8 Å². The molecular weight excluding hydrogens is 100 g/mol. The minimum Gasteiger partial charge on any atom is -0.389 e. The van der Waals surface area contributed by atoms with Gasteiger partial charge in [0.2, 0.25) is 0 Å². The summed E-state index contributed by atoms with van der Waals surface area (Å²) in [6, 6.07) is 0. The lowest BCUT2D eigenvalue weighted by molar-refractivity contribution is 0.244. The molecule has 1 nitrogen and oxygen atoms in total. The summed E-state index contributed by atoms with van der Waals surface area (Å²) in [6.07, 6.45) is 7.02. The van der Waals surface area contributed by atoms with Crippen LogP contribution < -0.4 is 0 Å². The van der Waals surface area contributed by atoms with E-state index < -0.39 is 0 Å². The maximum absolute atomic E-state index is 8.66. The summed E-state index contributed by atoms with van der Waals surface area (Å²) in [6.45, 7) is 3.66. The molecule has 0 saturated carbocycles. The molecule has 0 heterocycles. The first-order chi connectivity index (χ1) is 3.77. The zero-order chi connectivity index (χ0) is 6.41. The van der Waals surface area contributed by atoms with Crippen LogP contribution in [0.1, 0.15) is 13.8 Å². The molecular formula is C7H12O. The lowest BCUT2D eigenvalue weighted by Gasteiger charge is -1.88. The zero-order valence-electron chi connectivity index (χ0n) is 5.33. The highest BCUT2D eigenvalue weighted by atomic mass is 16.3. The maximum atomic E-state index is 8.66. The van der Waals surface area contributed by atoms with Crippen molar-refractivity contribution in [1.82, 2.24) is 0 Å². The minimum absolute atomic E-state index is 0.328. The van der Waals surface area contributed by atoms with E-state index in [4.69, 9.17) is 5.11 Å². The van der Waals surface area contributed by atoms with Crippen LogP contribution in [0.15, 0.2) is 24.3 Å². The van der Waals surface area contributed by atoms with Crippen molar-refractivity contribution in [3.05, 3.63) is 24.3 Å². The number of allylic oxidation sites excluding steroid dienone is 3. The molecule has 0 fully saturated rings. The Kier molecular flexibility index (Phi) is 4.27. The van der Waals surface area contributed by atoms with Crippen molar-refractivity contribution in [2.45, 2.75) is 20.0 Å². The van der Waals surface area contributed by atoms with Crippen LogP contribution in [0.5, 0.6) is 0 Å². The van der Waals surface area contributed by atoms with Gasteiger partial charge >= 0.3 is 0 Å². The molecule has 46 valence electrons. The van der Waals surface area contributed by atoms with E-state index in [2.05, 4.69) is 0 Å².